The molecule has 2 heterocycles. The van der Waals surface area contributed by atoms with Crippen molar-refractivity contribution in [2.24, 2.45) is 0 Å². The van der Waals surface area contributed by atoms with Crippen LogP contribution in [0.4, 0.5) is 0 Å². The van der Waals surface area contributed by atoms with Gasteiger partial charge in [-0.05, 0) is 13.3 Å². The van der Waals surface area contributed by atoms with Crippen LogP contribution in [0.5, 0.6) is 0 Å². The van der Waals surface area contributed by atoms with Gasteiger partial charge in [0.15, 0.2) is 0 Å². The Morgan fingerprint density at radius 1 is 1.56 bits per heavy atom. The monoisotopic (exact) mass is 272 g/mol. The Morgan fingerprint density at radius 3 is 2.94 bits per heavy atom. The standard InChI is InChI=1S/C11H16N2O4S/c1-2-17-11(16)8-5-18-6-13(8)10(15)7-3-4-9(14)12-7/h7-8H,2-6H2,1H3,(H,12,14)/t7-,8-/m1/s1. The largest absolute Gasteiger partial charge is 0.464 e. The van der Waals surface area contributed by atoms with Gasteiger partial charge in [0.25, 0.3) is 0 Å². The van der Waals surface area contributed by atoms with Gasteiger partial charge < -0.3 is 15.0 Å². The Balaban J connectivity index is 2.00. The van der Waals surface area contributed by atoms with Crippen molar-refractivity contribution in [3.05, 3.63) is 0 Å². The van der Waals surface area contributed by atoms with Crippen LogP contribution in [0.25, 0.3) is 0 Å². The van der Waals surface area contributed by atoms with E-state index < -0.39 is 12.1 Å². The first-order chi connectivity index (χ1) is 8.63. The first-order valence-corrected chi connectivity index (χ1v) is 7.13. The Labute approximate surface area is 109 Å². The maximum Gasteiger partial charge on any atom is 0.329 e. The van der Waals surface area contributed by atoms with Gasteiger partial charge >= 0.3 is 5.97 Å². The summed E-state index contributed by atoms with van der Waals surface area (Å²) < 4.78 is 4.96. The number of thioether (sulfide) groups is 1. The molecule has 2 atom stereocenters. The molecular formula is C11H16N2O4S. The molecule has 0 bridgehead atoms. The third kappa shape index (κ3) is 2.60. The number of nitrogens with zero attached hydrogens (tertiary/aromatic N) is 1. The van der Waals surface area contributed by atoms with Gasteiger partial charge in [-0.25, -0.2) is 4.79 Å². The Morgan fingerprint density at radius 2 is 2.33 bits per heavy atom. The summed E-state index contributed by atoms with van der Waals surface area (Å²) in [6, 6.07) is -0.993. The summed E-state index contributed by atoms with van der Waals surface area (Å²) in [6.45, 7) is 2.05. The molecule has 2 aliphatic heterocycles. The molecule has 0 radical (unpaired) electrons. The average Bonchev–Trinajstić information content (AvgIpc) is 2.96. The van der Waals surface area contributed by atoms with E-state index >= 15 is 0 Å². The van der Waals surface area contributed by atoms with Crippen LogP contribution in [0.3, 0.4) is 0 Å². The van der Waals surface area contributed by atoms with Gasteiger partial charge in [0, 0.05) is 12.2 Å². The third-order valence-corrected chi connectivity index (χ3v) is 4.03. The second-order valence-electron chi connectivity index (χ2n) is 4.23. The highest BCUT2D eigenvalue weighted by Crippen LogP contribution is 2.24. The predicted molar refractivity (Wildman–Crippen MR) is 65.8 cm³/mol. The molecule has 6 nitrogen and oxygen atoms in total. The molecule has 1 N–H and O–H groups in total. The third-order valence-electron chi connectivity index (χ3n) is 3.02. The van der Waals surface area contributed by atoms with E-state index in [0.717, 1.165) is 0 Å². The zero-order valence-corrected chi connectivity index (χ0v) is 11.0. The zero-order chi connectivity index (χ0) is 13.1. The fourth-order valence-electron chi connectivity index (χ4n) is 2.09. The lowest BCUT2D eigenvalue weighted by molar-refractivity contribution is -0.153. The molecule has 18 heavy (non-hydrogen) atoms. The van der Waals surface area contributed by atoms with E-state index in [1.54, 1.807) is 6.92 Å². The minimum Gasteiger partial charge on any atom is -0.464 e. The minimum absolute atomic E-state index is 0.104. The van der Waals surface area contributed by atoms with Gasteiger partial charge in [-0.1, -0.05) is 0 Å². The molecule has 0 aliphatic carbocycles. The van der Waals surface area contributed by atoms with Crippen LogP contribution >= 0.6 is 11.8 Å². The summed E-state index contributed by atoms with van der Waals surface area (Å²) in [5.41, 5.74) is 0. The first kappa shape index (κ1) is 13.2. The molecule has 7 heteroatoms. The first-order valence-electron chi connectivity index (χ1n) is 5.97. The smallest absolute Gasteiger partial charge is 0.329 e. The molecule has 100 valence electrons. The van der Waals surface area contributed by atoms with Crippen LogP contribution in [0.2, 0.25) is 0 Å². The molecule has 2 saturated heterocycles. The van der Waals surface area contributed by atoms with Crippen LogP contribution < -0.4 is 5.32 Å². The van der Waals surface area contributed by atoms with E-state index in [-0.39, 0.29) is 17.8 Å². The maximum atomic E-state index is 12.2. The lowest BCUT2D eigenvalue weighted by atomic mass is 10.2. The van der Waals surface area contributed by atoms with Crippen molar-refractivity contribution in [3.63, 3.8) is 0 Å². The topological polar surface area (TPSA) is 75.7 Å². The summed E-state index contributed by atoms with van der Waals surface area (Å²) in [7, 11) is 0. The number of carbonyl (C=O) groups is 3. The number of carbonyl (C=O) groups excluding carboxylic acids is 3. The van der Waals surface area contributed by atoms with Crippen molar-refractivity contribution >= 4 is 29.5 Å². The molecule has 0 aromatic rings. The second kappa shape index (κ2) is 5.60. The van der Waals surface area contributed by atoms with Gasteiger partial charge in [-0.15, -0.1) is 11.8 Å². The fourth-order valence-corrected chi connectivity index (χ4v) is 3.24. The number of esters is 1. The molecule has 0 saturated carbocycles. The number of hydrogen-bond acceptors (Lipinski definition) is 5. The SMILES string of the molecule is CCOC(=O)[C@H]1CSCN1C(=O)[C@H]1CCC(=O)N1. The van der Waals surface area contributed by atoms with Crippen LogP contribution in [0.1, 0.15) is 19.8 Å². The molecular weight excluding hydrogens is 256 g/mol. The Bertz CT molecular complexity index is 374. The summed E-state index contributed by atoms with van der Waals surface area (Å²) in [6.07, 6.45) is 0.885. The molecule has 2 aliphatic rings. The van der Waals surface area contributed by atoms with Crippen molar-refractivity contribution in [1.82, 2.24) is 10.2 Å². The summed E-state index contributed by atoms with van der Waals surface area (Å²) in [5.74, 6) is 0.400. The highest BCUT2D eigenvalue weighted by atomic mass is 32.2. The van der Waals surface area contributed by atoms with Crippen molar-refractivity contribution in [3.8, 4) is 0 Å². The second-order valence-corrected chi connectivity index (χ2v) is 5.23. The van der Waals surface area contributed by atoms with Crippen molar-refractivity contribution < 1.29 is 19.1 Å². The van der Waals surface area contributed by atoms with Crippen LogP contribution in [-0.4, -0.2) is 53.0 Å². The van der Waals surface area contributed by atoms with Gasteiger partial charge in [-0.3, -0.25) is 9.59 Å². The predicted octanol–water partition coefficient (Wildman–Crippen LogP) is -0.270. The number of amides is 2. The van der Waals surface area contributed by atoms with Crippen molar-refractivity contribution in [2.75, 3.05) is 18.2 Å². The highest BCUT2D eigenvalue weighted by molar-refractivity contribution is 7.99. The zero-order valence-electron chi connectivity index (χ0n) is 10.2. The quantitative estimate of drug-likeness (QED) is 0.716. The Hall–Kier alpha value is -1.24. The molecule has 0 unspecified atom stereocenters. The van der Waals surface area contributed by atoms with Gasteiger partial charge in [0.2, 0.25) is 11.8 Å². The van der Waals surface area contributed by atoms with Crippen LogP contribution in [0, 0.1) is 0 Å². The van der Waals surface area contributed by atoms with Gasteiger partial charge in [-0.2, -0.15) is 0 Å². The Kier molecular flexibility index (Phi) is 4.11. The maximum absolute atomic E-state index is 12.2. The van der Waals surface area contributed by atoms with Crippen molar-refractivity contribution in [1.29, 1.82) is 0 Å². The van der Waals surface area contributed by atoms with E-state index in [4.69, 9.17) is 4.74 Å². The van der Waals surface area contributed by atoms with E-state index in [1.165, 1.54) is 16.7 Å². The number of nitrogens with one attached hydrogen (secondary N) is 1. The van der Waals surface area contributed by atoms with E-state index in [2.05, 4.69) is 5.32 Å². The summed E-state index contributed by atoms with van der Waals surface area (Å²) in [5, 5.41) is 2.63. The number of hydrogen-bond donors (Lipinski definition) is 1. The normalized spacial score (nSPS) is 27.2. The van der Waals surface area contributed by atoms with Crippen molar-refractivity contribution in [2.45, 2.75) is 31.8 Å². The molecule has 2 rings (SSSR count). The highest BCUT2D eigenvalue weighted by Gasteiger charge is 2.40. The molecule has 0 aromatic heterocycles. The van der Waals surface area contributed by atoms with E-state index in [9.17, 15) is 14.4 Å². The number of rotatable bonds is 3. The van der Waals surface area contributed by atoms with Crippen LogP contribution in [0.15, 0.2) is 0 Å². The lowest BCUT2D eigenvalue weighted by Gasteiger charge is -2.24. The molecule has 0 spiro atoms. The van der Waals surface area contributed by atoms with E-state index in [1.807, 2.05) is 0 Å². The van der Waals surface area contributed by atoms with Gasteiger partial charge in [0.05, 0.1) is 12.5 Å². The average molecular weight is 272 g/mol. The molecule has 2 fully saturated rings. The molecule has 2 amide bonds. The fraction of sp³-hybridized carbons (Fsp3) is 0.727. The minimum atomic E-state index is -0.514. The van der Waals surface area contributed by atoms with E-state index in [0.29, 0.717) is 31.1 Å². The van der Waals surface area contributed by atoms with Crippen LogP contribution in [-0.2, 0) is 19.1 Å². The number of ether oxygens (including phenoxy) is 1. The summed E-state index contributed by atoms with van der Waals surface area (Å²) >= 11 is 1.52. The molecule has 0 aromatic carbocycles. The van der Waals surface area contributed by atoms with Gasteiger partial charge in [0.1, 0.15) is 12.1 Å². The summed E-state index contributed by atoms with van der Waals surface area (Å²) in [4.78, 5) is 36.5. The lowest BCUT2D eigenvalue weighted by Crippen LogP contribution is -2.49.